The first kappa shape index (κ1) is 18.9. The van der Waals surface area contributed by atoms with Gasteiger partial charge in [0.15, 0.2) is 0 Å². The molecule has 0 saturated heterocycles. The molecule has 2 aromatic rings. The molecule has 0 saturated carbocycles. The van der Waals surface area contributed by atoms with Crippen molar-refractivity contribution in [3.05, 3.63) is 59.7 Å². The minimum atomic E-state index is -3.81. The molecule has 1 aliphatic rings. The smallest absolute Gasteiger partial charge is 0.264 e. The number of rotatable bonds is 5. The Hall–Kier alpha value is -2.87. The summed E-state index contributed by atoms with van der Waals surface area (Å²) < 4.78 is 32.6. The number of likely N-dealkylation sites (N-methyl/N-ethyl adjacent to an activating group) is 1. The van der Waals surface area contributed by atoms with Crippen LogP contribution in [0.2, 0.25) is 0 Å². The summed E-state index contributed by atoms with van der Waals surface area (Å²) in [4.78, 5) is 18.1. The maximum atomic E-state index is 12.5. The molecule has 0 aliphatic carbocycles. The number of benzene rings is 2. The number of amides is 1. The van der Waals surface area contributed by atoms with Crippen LogP contribution >= 0.6 is 0 Å². The fraction of sp³-hybridized carbons (Fsp3) is 0.263. The number of nitrogens with one attached hydrogen (secondary N) is 1. The van der Waals surface area contributed by atoms with Gasteiger partial charge in [0, 0.05) is 13.5 Å². The summed E-state index contributed by atoms with van der Waals surface area (Å²) in [6.45, 7) is 1.88. The Balaban J connectivity index is 1.77. The molecule has 0 radical (unpaired) electrons. The first-order chi connectivity index (χ1) is 12.8. The quantitative estimate of drug-likeness (QED) is 0.846. The molecule has 3 rings (SSSR count). The number of ether oxygens (including phenoxy) is 1. The molecular weight excluding hydrogens is 366 g/mol. The van der Waals surface area contributed by atoms with Gasteiger partial charge >= 0.3 is 0 Å². The maximum Gasteiger partial charge on any atom is 0.264 e. The molecule has 1 atom stereocenters. The van der Waals surface area contributed by atoms with E-state index in [1.807, 2.05) is 31.2 Å². The van der Waals surface area contributed by atoms with Crippen LogP contribution in [0.1, 0.15) is 11.1 Å². The van der Waals surface area contributed by atoms with E-state index in [1.54, 1.807) is 19.2 Å². The predicted octanol–water partition coefficient (Wildman–Crippen LogP) is 1.72. The van der Waals surface area contributed by atoms with Crippen LogP contribution in [0.4, 0.5) is 0 Å². The molecule has 0 spiro atoms. The number of aryl methyl sites for hydroxylation is 1. The van der Waals surface area contributed by atoms with Gasteiger partial charge in [-0.2, -0.15) is 0 Å². The molecule has 27 heavy (non-hydrogen) atoms. The highest BCUT2D eigenvalue weighted by atomic mass is 32.2. The number of aliphatic imine (C=N–C) groups is 1. The Bertz CT molecular complexity index is 967. The van der Waals surface area contributed by atoms with E-state index in [1.165, 1.54) is 24.1 Å². The highest BCUT2D eigenvalue weighted by Gasteiger charge is 2.34. The Labute approximate surface area is 158 Å². The Morgan fingerprint density at radius 3 is 2.33 bits per heavy atom. The zero-order chi connectivity index (χ0) is 19.6. The van der Waals surface area contributed by atoms with Crippen molar-refractivity contribution < 1.29 is 17.9 Å². The molecule has 142 valence electrons. The van der Waals surface area contributed by atoms with Crippen LogP contribution in [-0.2, 0) is 21.2 Å². The van der Waals surface area contributed by atoms with Crippen molar-refractivity contribution >= 4 is 21.9 Å². The van der Waals surface area contributed by atoms with Crippen molar-refractivity contribution in [2.75, 3.05) is 14.2 Å². The molecule has 2 aromatic carbocycles. The van der Waals surface area contributed by atoms with Gasteiger partial charge in [0.25, 0.3) is 15.9 Å². The second-order valence-electron chi connectivity index (χ2n) is 6.34. The molecule has 0 bridgehead atoms. The Morgan fingerprint density at radius 2 is 1.74 bits per heavy atom. The van der Waals surface area contributed by atoms with Crippen LogP contribution in [0, 0.1) is 6.92 Å². The SMILES string of the molecule is COc1ccc(CC2N=C(NS(=O)(=O)c3ccc(C)cc3)N(C)C2=O)cc1. The van der Waals surface area contributed by atoms with Crippen LogP contribution in [-0.4, -0.2) is 45.4 Å². The summed E-state index contributed by atoms with van der Waals surface area (Å²) in [6.07, 6.45) is 0.378. The number of carbonyl (C=O) groups is 1. The minimum Gasteiger partial charge on any atom is -0.497 e. The number of nitrogens with zero attached hydrogens (tertiary/aromatic N) is 2. The number of hydrogen-bond acceptors (Lipinski definition) is 5. The molecule has 0 fully saturated rings. The first-order valence-electron chi connectivity index (χ1n) is 8.38. The van der Waals surface area contributed by atoms with Crippen molar-refractivity contribution in [3.63, 3.8) is 0 Å². The minimum absolute atomic E-state index is 0.0269. The van der Waals surface area contributed by atoms with Gasteiger partial charge in [-0.3, -0.25) is 9.69 Å². The monoisotopic (exact) mass is 387 g/mol. The fourth-order valence-electron chi connectivity index (χ4n) is 2.73. The number of hydrogen-bond donors (Lipinski definition) is 1. The summed E-state index contributed by atoms with van der Waals surface area (Å²) in [7, 11) is -0.722. The second kappa shape index (κ2) is 7.40. The molecule has 7 nitrogen and oxygen atoms in total. The van der Waals surface area contributed by atoms with Gasteiger partial charge in [0.2, 0.25) is 5.96 Å². The van der Waals surface area contributed by atoms with E-state index in [2.05, 4.69) is 9.71 Å². The topological polar surface area (TPSA) is 88.1 Å². The van der Waals surface area contributed by atoms with Gasteiger partial charge in [0.1, 0.15) is 11.8 Å². The van der Waals surface area contributed by atoms with Crippen LogP contribution in [0.5, 0.6) is 5.75 Å². The van der Waals surface area contributed by atoms with Crippen LogP contribution in [0.15, 0.2) is 58.4 Å². The Morgan fingerprint density at radius 1 is 1.11 bits per heavy atom. The average Bonchev–Trinajstić information content (AvgIpc) is 2.90. The molecular formula is C19H21N3O4S. The van der Waals surface area contributed by atoms with Gasteiger partial charge in [-0.15, -0.1) is 0 Å². The number of carbonyl (C=O) groups excluding carboxylic acids is 1. The zero-order valence-electron chi connectivity index (χ0n) is 15.3. The van der Waals surface area contributed by atoms with Crippen LogP contribution < -0.4 is 9.46 Å². The normalized spacial score (nSPS) is 17.0. The number of sulfonamides is 1. The zero-order valence-corrected chi connectivity index (χ0v) is 16.2. The van der Waals surface area contributed by atoms with Gasteiger partial charge in [0.05, 0.1) is 12.0 Å². The lowest BCUT2D eigenvalue weighted by Gasteiger charge is -2.14. The van der Waals surface area contributed by atoms with Crippen molar-refractivity contribution in [2.24, 2.45) is 4.99 Å². The van der Waals surface area contributed by atoms with E-state index >= 15 is 0 Å². The third kappa shape index (κ3) is 4.11. The second-order valence-corrected chi connectivity index (χ2v) is 8.02. The van der Waals surface area contributed by atoms with Gasteiger partial charge < -0.3 is 4.74 Å². The number of guanidine groups is 1. The lowest BCUT2D eigenvalue weighted by molar-refractivity contribution is -0.126. The van der Waals surface area contributed by atoms with E-state index in [0.717, 1.165) is 16.9 Å². The fourth-order valence-corrected chi connectivity index (χ4v) is 3.77. The lowest BCUT2D eigenvalue weighted by atomic mass is 10.1. The third-order valence-corrected chi connectivity index (χ3v) is 5.70. The molecule has 1 amide bonds. The first-order valence-corrected chi connectivity index (χ1v) is 9.86. The largest absolute Gasteiger partial charge is 0.497 e. The summed E-state index contributed by atoms with van der Waals surface area (Å²) in [5, 5.41) is 0. The standard InChI is InChI=1S/C19H21N3O4S/c1-13-4-10-16(11-5-13)27(24,25)21-19-20-17(18(23)22(19)2)12-14-6-8-15(26-3)9-7-14/h4-11,17H,12H2,1-3H3,(H,20,21). The summed E-state index contributed by atoms with van der Waals surface area (Å²) in [5.41, 5.74) is 1.87. The van der Waals surface area contributed by atoms with Crippen LogP contribution in [0.25, 0.3) is 0 Å². The number of methoxy groups -OCH3 is 1. The highest BCUT2D eigenvalue weighted by molar-refractivity contribution is 7.90. The van der Waals surface area contributed by atoms with E-state index in [9.17, 15) is 13.2 Å². The van der Waals surface area contributed by atoms with Crippen molar-refractivity contribution in [3.8, 4) is 5.75 Å². The summed E-state index contributed by atoms with van der Waals surface area (Å²) in [5.74, 6) is 0.496. The molecule has 1 aliphatic heterocycles. The van der Waals surface area contributed by atoms with E-state index < -0.39 is 16.1 Å². The molecule has 8 heteroatoms. The lowest BCUT2D eigenvalue weighted by Crippen LogP contribution is -2.42. The van der Waals surface area contributed by atoms with Gasteiger partial charge in [-0.05, 0) is 36.8 Å². The van der Waals surface area contributed by atoms with Crippen molar-refractivity contribution in [1.82, 2.24) is 9.62 Å². The predicted molar refractivity (Wildman–Crippen MR) is 102 cm³/mol. The van der Waals surface area contributed by atoms with Gasteiger partial charge in [-0.25, -0.2) is 18.1 Å². The average molecular weight is 387 g/mol. The van der Waals surface area contributed by atoms with Gasteiger partial charge in [-0.1, -0.05) is 29.8 Å². The Kier molecular flexibility index (Phi) is 5.18. The molecule has 1 heterocycles. The maximum absolute atomic E-state index is 12.5. The summed E-state index contributed by atoms with van der Waals surface area (Å²) in [6, 6.07) is 13.1. The molecule has 0 aromatic heterocycles. The molecule has 1 N–H and O–H groups in total. The third-order valence-electron chi connectivity index (χ3n) is 4.36. The van der Waals surface area contributed by atoms with Crippen molar-refractivity contribution in [2.45, 2.75) is 24.3 Å². The van der Waals surface area contributed by atoms with Crippen molar-refractivity contribution in [1.29, 1.82) is 0 Å². The van der Waals surface area contributed by atoms with Crippen LogP contribution in [0.3, 0.4) is 0 Å². The molecule has 1 unspecified atom stereocenters. The highest BCUT2D eigenvalue weighted by Crippen LogP contribution is 2.18. The van der Waals surface area contributed by atoms with E-state index in [-0.39, 0.29) is 16.8 Å². The van der Waals surface area contributed by atoms with E-state index in [0.29, 0.717) is 6.42 Å². The van der Waals surface area contributed by atoms with E-state index in [4.69, 9.17) is 4.74 Å². The summed E-state index contributed by atoms with van der Waals surface area (Å²) >= 11 is 0.